The van der Waals surface area contributed by atoms with E-state index in [0.717, 1.165) is 25.8 Å². The zero-order valence-electron chi connectivity index (χ0n) is 13.0. The number of nitrogens with zero attached hydrogens (tertiary/aromatic N) is 1. The molecule has 4 heteroatoms. The van der Waals surface area contributed by atoms with Crippen LogP contribution in [0.1, 0.15) is 50.4 Å². The van der Waals surface area contributed by atoms with Crippen LogP contribution in [-0.2, 0) is 0 Å². The van der Waals surface area contributed by atoms with Gasteiger partial charge in [0.25, 0.3) is 5.91 Å². The Hall–Kier alpha value is -1.71. The van der Waals surface area contributed by atoms with Crippen molar-refractivity contribution >= 4 is 11.6 Å². The van der Waals surface area contributed by atoms with Gasteiger partial charge in [0.05, 0.1) is 12.8 Å². The summed E-state index contributed by atoms with van der Waals surface area (Å²) >= 11 is 0. The lowest BCUT2D eigenvalue weighted by Crippen LogP contribution is -2.37. The molecular formula is C16H26N2O2. The van der Waals surface area contributed by atoms with E-state index in [-0.39, 0.29) is 11.9 Å². The Labute approximate surface area is 121 Å². The second-order valence-electron chi connectivity index (χ2n) is 5.26. The maximum Gasteiger partial charge on any atom is 0.254 e. The number of anilines is 1. The van der Waals surface area contributed by atoms with Crippen LogP contribution in [0, 0.1) is 0 Å². The third kappa shape index (κ3) is 4.15. The van der Waals surface area contributed by atoms with Gasteiger partial charge in [0.15, 0.2) is 0 Å². The first kappa shape index (κ1) is 16.3. The van der Waals surface area contributed by atoms with E-state index in [2.05, 4.69) is 6.92 Å². The van der Waals surface area contributed by atoms with E-state index in [1.54, 1.807) is 25.3 Å². The van der Waals surface area contributed by atoms with Gasteiger partial charge in [-0.3, -0.25) is 4.79 Å². The molecule has 1 amide bonds. The van der Waals surface area contributed by atoms with E-state index >= 15 is 0 Å². The molecular weight excluding hydrogens is 252 g/mol. The van der Waals surface area contributed by atoms with Crippen molar-refractivity contribution in [2.75, 3.05) is 19.4 Å². The second kappa shape index (κ2) is 7.78. The SMILES string of the molecule is CCCCCN(C(=O)c1ccc(N)c(OC)c1)C(C)C. The molecule has 1 aromatic carbocycles. The van der Waals surface area contributed by atoms with Crippen molar-refractivity contribution in [1.29, 1.82) is 0 Å². The molecule has 0 fully saturated rings. The van der Waals surface area contributed by atoms with Crippen LogP contribution in [0.25, 0.3) is 0 Å². The molecule has 0 spiro atoms. The fourth-order valence-corrected chi connectivity index (χ4v) is 2.14. The van der Waals surface area contributed by atoms with E-state index in [1.807, 2.05) is 18.7 Å². The molecule has 0 radical (unpaired) electrons. The Morgan fingerprint density at radius 1 is 1.35 bits per heavy atom. The maximum absolute atomic E-state index is 12.6. The smallest absolute Gasteiger partial charge is 0.254 e. The first-order valence-electron chi connectivity index (χ1n) is 7.25. The van der Waals surface area contributed by atoms with E-state index < -0.39 is 0 Å². The predicted molar refractivity (Wildman–Crippen MR) is 83.1 cm³/mol. The molecule has 20 heavy (non-hydrogen) atoms. The molecule has 4 nitrogen and oxygen atoms in total. The highest BCUT2D eigenvalue weighted by molar-refractivity contribution is 5.95. The summed E-state index contributed by atoms with van der Waals surface area (Å²) in [5.41, 5.74) is 6.96. The average molecular weight is 278 g/mol. The minimum Gasteiger partial charge on any atom is -0.495 e. The summed E-state index contributed by atoms with van der Waals surface area (Å²) in [5.74, 6) is 0.586. The number of hydrogen-bond donors (Lipinski definition) is 1. The predicted octanol–water partition coefficient (Wildman–Crippen LogP) is 3.32. The molecule has 0 heterocycles. The average Bonchev–Trinajstić information content (AvgIpc) is 2.43. The summed E-state index contributed by atoms with van der Waals surface area (Å²) in [4.78, 5) is 14.5. The van der Waals surface area contributed by atoms with Gasteiger partial charge < -0.3 is 15.4 Å². The van der Waals surface area contributed by atoms with Gasteiger partial charge in [0, 0.05) is 18.2 Å². The standard InChI is InChI=1S/C16H26N2O2/c1-5-6-7-10-18(12(2)3)16(19)13-8-9-14(17)15(11-13)20-4/h8-9,11-12H,5-7,10,17H2,1-4H3. The Kier molecular flexibility index (Phi) is 6.36. The minimum atomic E-state index is 0.0365. The van der Waals surface area contributed by atoms with Gasteiger partial charge in [-0.05, 0) is 38.5 Å². The van der Waals surface area contributed by atoms with Crippen LogP contribution >= 0.6 is 0 Å². The van der Waals surface area contributed by atoms with Crippen molar-refractivity contribution < 1.29 is 9.53 Å². The number of ether oxygens (including phenoxy) is 1. The first-order valence-corrected chi connectivity index (χ1v) is 7.25. The summed E-state index contributed by atoms with van der Waals surface area (Å²) in [6.45, 7) is 7.03. The van der Waals surface area contributed by atoms with E-state index in [1.165, 1.54) is 0 Å². The van der Waals surface area contributed by atoms with Crippen LogP contribution < -0.4 is 10.5 Å². The molecule has 0 aromatic heterocycles. The Morgan fingerprint density at radius 3 is 2.60 bits per heavy atom. The van der Waals surface area contributed by atoms with E-state index in [9.17, 15) is 4.79 Å². The molecule has 0 aliphatic heterocycles. The van der Waals surface area contributed by atoms with Gasteiger partial charge in [-0.25, -0.2) is 0 Å². The van der Waals surface area contributed by atoms with Gasteiger partial charge in [-0.15, -0.1) is 0 Å². The monoisotopic (exact) mass is 278 g/mol. The number of nitrogen functional groups attached to an aromatic ring is 1. The summed E-state index contributed by atoms with van der Waals surface area (Å²) in [7, 11) is 1.56. The highest BCUT2D eigenvalue weighted by Gasteiger charge is 2.19. The van der Waals surface area contributed by atoms with Crippen molar-refractivity contribution in [1.82, 2.24) is 4.90 Å². The Bertz CT molecular complexity index is 444. The van der Waals surface area contributed by atoms with Gasteiger partial charge in [-0.1, -0.05) is 19.8 Å². The Morgan fingerprint density at radius 2 is 2.05 bits per heavy atom. The molecule has 0 saturated carbocycles. The fourth-order valence-electron chi connectivity index (χ4n) is 2.14. The number of rotatable bonds is 7. The highest BCUT2D eigenvalue weighted by Crippen LogP contribution is 2.23. The van der Waals surface area contributed by atoms with E-state index in [4.69, 9.17) is 10.5 Å². The van der Waals surface area contributed by atoms with Crippen LogP contribution in [0.2, 0.25) is 0 Å². The number of amides is 1. The van der Waals surface area contributed by atoms with Crippen LogP contribution in [0.4, 0.5) is 5.69 Å². The summed E-state index contributed by atoms with van der Waals surface area (Å²) in [5, 5.41) is 0. The van der Waals surface area contributed by atoms with Gasteiger partial charge in [-0.2, -0.15) is 0 Å². The minimum absolute atomic E-state index is 0.0365. The zero-order valence-corrected chi connectivity index (χ0v) is 13.0. The van der Waals surface area contributed by atoms with Gasteiger partial charge in [0.2, 0.25) is 0 Å². The number of nitrogens with two attached hydrogens (primary N) is 1. The van der Waals surface area contributed by atoms with Crippen molar-refractivity contribution in [3.63, 3.8) is 0 Å². The molecule has 0 aliphatic rings. The molecule has 0 saturated heterocycles. The molecule has 2 N–H and O–H groups in total. The molecule has 1 aromatic rings. The summed E-state index contributed by atoms with van der Waals surface area (Å²) in [6, 6.07) is 5.38. The quantitative estimate of drug-likeness (QED) is 0.615. The fraction of sp³-hybridized carbons (Fsp3) is 0.562. The van der Waals surface area contributed by atoms with Crippen LogP contribution in [0.15, 0.2) is 18.2 Å². The number of benzene rings is 1. The molecule has 0 aliphatic carbocycles. The number of carbonyl (C=O) groups is 1. The third-order valence-electron chi connectivity index (χ3n) is 3.37. The summed E-state index contributed by atoms with van der Waals surface area (Å²) < 4.78 is 5.18. The topological polar surface area (TPSA) is 55.6 Å². The van der Waals surface area contributed by atoms with Gasteiger partial charge >= 0.3 is 0 Å². The highest BCUT2D eigenvalue weighted by atomic mass is 16.5. The van der Waals surface area contributed by atoms with Crippen molar-refractivity contribution in [2.24, 2.45) is 0 Å². The largest absolute Gasteiger partial charge is 0.495 e. The summed E-state index contributed by atoms with van der Waals surface area (Å²) in [6.07, 6.45) is 3.32. The number of hydrogen-bond acceptors (Lipinski definition) is 3. The van der Waals surface area contributed by atoms with Crippen LogP contribution in [0.5, 0.6) is 5.75 Å². The Balaban J connectivity index is 2.88. The van der Waals surface area contributed by atoms with Crippen molar-refractivity contribution in [3.05, 3.63) is 23.8 Å². The molecule has 0 bridgehead atoms. The maximum atomic E-state index is 12.6. The lowest BCUT2D eigenvalue weighted by molar-refractivity contribution is 0.0702. The molecule has 0 unspecified atom stereocenters. The first-order chi connectivity index (χ1) is 9.51. The lowest BCUT2D eigenvalue weighted by Gasteiger charge is -2.27. The van der Waals surface area contributed by atoms with Crippen molar-refractivity contribution in [2.45, 2.75) is 46.1 Å². The van der Waals surface area contributed by atoms with Crippen LogP contribution in [0.3, 0.4) is 0 Å². The molecule has 1 rings (SSSR count). The second-order valence-corrected chi connectivity index (χ2v) is 5.26. The van der Waals surface area contributed by atoms with Crippen molar-refractivity contribution in [3.8, 4) is 5.75 Å². The third-order valence-corrected chi connectivity index (χ3v) is 3.37. The normalized spacial score (nSPS) is 10.7. The van der Waals surface area contributed by atoms with Gasteiger partial charge in [0.1, 0.15) is 5.75 Å². The number of unbranched alkanes of at least 4 members (excludes halogenated alkanes) is 2. The molecule has 112 valence electrons. The lowest BCUT2D eigenvalue weighted by atomic mass is 10.1. The zero-order chi connectivity index (χ0) is 15.1. The number of carbonyl (C=O) groups excluding carboxylic acids is 1. The number of methoxy groups -OCH3 is 1. The van der Waals surface area contributed by atoms with E-state index in [0.29, 0.717) is 17.0 Å². The molecule has 0 atom stereocenters. The van der Waals surface area contributed by atoms with Crippen LogP contribution in [-0.4, -0.2) is 30.5 Å².